The lowest BCUT2D eigenvalue weighted by atomic mass is 10.1. The Bertz CT molecular complexity index is 438. The van der Waals surface area contributed by atoms with Gasteiger partial charge in [-0.2, -0.15) is 0 Å². The summed E-state index contributed by atoms with van der Waals surface area (Å²) in [6.45, 7) is 0. The predicted octanol–water partition coefficient (Wildman–Crippen LogP) is 3.51. The van der Waals surface area contributed by atoms with Gasteiger partial charge in [0, 0.05) is 0 Å². The van der Waals surface area contributed by atoms with E-state index < -0.39 is 0 Å². The molecule has 6 spiro atoms. The molecule has 4 atom stereocenters. The minimum Gasteiger partial charge on any atom is -0.0465 e. The fourth-order valence-corrected chi connectivity index (χ4v) is 7.66. The molecule has 7 aliphatic carbocycles. The maximum atomic E-state index is 1.71. The third-order valence-electron chi connectivity index (χ3n) is 8.95. The maximum absolute atomic E-state index is 1.71. The molecule has 0 N–H and O–H groups in total. The highest BCUT2D eigenvalue weighted by Gasteiger charge is 3.10. The normalized spacial score (nSPS) is 78.4. The third-order valence-corrected chi connectivity index (χ3v) is 8.95. The Kier molecular flexibility index (Phi) is 0.519. The average molecular weight is 198 g/mol. The van der Waals surface area contributed by atoms with Crippen molar-refractivity contribution in [2.75, 3.05) is 0 Å². The molecule has 0 aromatic heterocycles. The quantitative estimate of drug-likeness (QED) is 0.559. The summed E-state index contributed by atoms with van der Waals surface area (Å²) < 4.78 is 0. The Morgan fingerprint density at radius 1 is 0.400 bits per heavy atom. The second-order valence-corrected chi connectivity index (χ2v) is 8.77. The van der Waals surface area contributed by atoms with E-state index in [1.807, 2.05) is 0 Å². The number of fused-ring (bicyclic) bond motifs is 5. The molecule has 0 aliphatic heterocycles. The van der Waals surface area contributed by atoms with Crippen molar-refractivity contribution in [2.24, 2.45) is 32.5 Å². The minimum absolute atomic E-state index is 0.992. The highest BCUT2D eigenvalue weighted by Crippen LogP contribution is 3.17. The lowest BCUT2D eigenvalue weighted by Crippen LogP contribution is -1.92. The largest absolute Gasteiger partial charge is 0.0465 e. The Labute approximate surface area is 90.8 Å². The zero-order chi connectivity index (χ0) is 9.36. The van der Waals surface area contributed by atoms with Crippen molar-refractivity contribution in [3.63, 3.8) is 0 Å². The van der Waals surface area contributed by atoms with Gasteiger partial charge in [-0.15, -0.1) is 0 Å². The average Bonchev–Trinajstić information content (AvgIpc) is 3.06. The van der Waals surface area contributed by atoms with E-state index in [0.29, 0.717) is 0 Å². The fourth-order valence-electron chi connectivity index (χ4n) is 7.66. The van der Waals surface area contributed by atoms with E-state index in [-0.39, 0.29) is 0 Å². The molecule has 0 amide bonds. The zero-order valence-electron chi connectivity index (χ0n) is 9.36. The van der Waals surface area contributed by atoms with Crippen LogP contribution in [0.1, 0.15) is 57.8 Å². The molecular weight excluding hydrogens is 180 g/mol. The topological polar surface area (TPSA) is 0 Å². The summed E-state index contributed by atoms with van der Waals surface area (Å²) in [4.78, 5) is 0. The fraction of sp³-hybridized carbons (Fsp3) is 1.00. The highest BCUT2D eigenvalue weighted by atomic mass is 15.1. The van der Waals surface area contributed by atoms with E-state index in [4.69, 9.17) is 0 Å². The molecule has 0 bridgehead atoms. The van der Waals surface area contributed by atoms with Gasteiger partial charge in [0.1, 0.15) is 0 Å². The molecule has 0 nitrogen and oxygen atoms in total. The van der Waals surface area contributed by atoms with Gasteiger partial charge < -0.3 is 0 Å². The predicted molar refractivity (Wildman–Crippen MR) is 56.2 cm³/mol. The molecule has 7 rings (SSSR count). The maximum Gasteiger partial charge on any atom is -0.0161 e. The van der Waals surface area contributed by atoms with Gasteiger partial charge in [-0.1, -0.05) is 0 Å². The van der Waals surface area contributed by atoms with Crippen LogP contribution in [-0.2, 0) is 0 Å². The lowest BCUT2D eigenvalue weighted by molar-refractivity contribution is 0.511. The summed E-state index contributed by atoms with van der Waals surface area (Å²) in [5.74, 6) is 0. The van der Waals surface area contributed by atoms with Gasteiger partial charge in [0.15, 0.2) is 0 Å². The van der Waals surface area contributed by atoms with Gasteiger partial charge in [0.25, 0.3) is 0 Å². The van der Waals surface area contributed by atoms with Crippen LogP contribution >= 0.6 is 0 Å². The van der Waals surface area contributed by atoms with Crippen LogP contribution in [-0.4, -0.2) is 0 Å². The van der Waals surface area contributed by atoms with Crippen LogP contribution in [0.2, 0.25) is 0 Å². The summed E-state index contributed by atoms with van der Waals surface area (Å²) in [5, 5.41) is 0. The van der Waals surface area contributed by atoms with Crippen LogP contribution < -0.4 is 0 Å². The molecule has 0 saturated heterocycles. The van der Waals surface area contributed by atoms with Crippen LogP contribution in [0.25, 0.3) is 0 Å². The molecule has 7 fully saturated rings. The summed E-state index contributed by atoms with van der Waals surface area (Å²) in [6, 6.07) is 0. The van der Waals surface area contributed by atoms with Crippen molar-refractivity contribution < 1.29 is 0 Å². The first-order valence-electron chi connectivity index (χ1n) is 7.20. The van der Waals surface area contributed by atoms with Crippen LogP contribution in [0.15, 0.2) is 0 Å². The Hall–Kier alpha value is 0. The number of hydrogen-bond donors (Lipinski definition) is 0. The van der Waals surface area contributed by atoms with Gasteiger partial charge >= 0.3 is 0 Å². The van der Waals surface area contributed by atoms with Gasteiger partial charge in [0.2, 0.25) is 0 Å². The summed E-state index contributed by atoms with van der Waals surface area (Å²) >= 11 is 0. The van der Waals surface area contributed by atoms with E-state index >= 15 is 0 Å². The molecule has 0 aromatic rings. The molecular formula is C15H18. The minimum atomic E-state index is 0.992. The molecule has 7 aliphatic rings. The van der Waals surface area contributed by atoms with Crippen molar-refractivity contribution in [1.29, 1.82) is 0 Å². The monoisotopic (exact) mass is 198 g/mol. The molecule has 7 saturated carbocycles. The highest BCUT2D eigenvalue weighted by molar-refractivity contribution is 5.58. The van der Waals surface area contributed by atoms with Crippen LogP contribution in [0.5, 0.6) is 0 Å². The van der Waals surface area contributed by atoms with E-state index in [1.54, 1.807) is 57.8 Å². The summed E-state index contributed by atoms with van der Waals surface area (Å²) in [7, 11) is 0. The second kappa shape index (κ2) is 1.17. The van der Waals surface area contributed by atoms with Gasteiger partial charge in [-0.3, -0.25) is 0 Å². The SMILES string of the molecule is C1CC12CC21CC12CC21CC12CC21CC1. The number of rotatable bonds is 0. The zero-order valence-corrected chi connectivity index (χ0v) is 9.36. The van der Waals surface area contributed by atoms with Crippen LogP contribution in [0.3, 0.4) is 0 Å². The van der Waals surface area contributed by atoms with E-state index in [0.717, 1.165) is 32.5 Å². The summed E-state index contributed by atoms with van der Waals surface area (Å²) in [5.41, 5.74) is 5.99. The smallest absolute Gasteiger partial charge is 0.0161 e. The van der Waals surface area contributed by atoms with Crippen molar-refractivity contribution in [1.82, 2.24) is 0 Å². The van der Waals surface area contributed by atoms with Crippen molar-refractivity contribution in [3.05, 3.63) is 0 Å². The standard InChI is InChI=1S/C15H18/c1-2-10(1)5-12(10)7-14(12)9-15(14)8-13(15)6-11(13)3-4-11/h1-9H2. The van der Waals surface area contributed by atoms with Gasteiger partial charge in [0.05, 0.1) is 0 Å². The Morgan fingerprint density at radius 2 is 0.800 bits per heavy atom. The summed E-state index contributed by atoms with van der Waals surface area (Å²) in [6.07, 6.45) is 15.0. The molecule has 0 radical (unpaired) electrons. The lowest BCUT2D eigenvalue weighted by Gasteiger charge is -1.94. The Morgan fingerprint density at radius 3 is 1.13 bits per heavy atom. The second-order valence-electron chi connectivity index (χ2n) is 8.77. The van der Waals surface area contributed by atoms with Crippen molar-refractivity contribution in [3.8, 4) is 0 Å². The first-order chi connectivity index (χ1) is 7.20. The molecule has 4 unspecified atom stereocenters. The third kappa shape index (κ3) is 0.358. The molecule has 0 heteroatoms. The first kappa shape index (κ1) is 6.67. The molecule has 15 heavy (non-hydrogen) atoms. The van der Waals surface area contributed by atoms with Gasteiger partial charge in [-0.05, 0) is 90.3 Å². The Balaban J connectivity index is 1.36. The van der Waals surface area contributed by atoms with Crippen molar-refractivity contribution >= 4 is 0 Å². The van der Waals surface area contributed by atoms with Crippen LogP contribution in [0.4, 0.5) is 0 Å². The van der Waals surface area contributed by atoms with E-state index in [9.17, 15) is 0 Å². The number of hydrogen-bond acceptors (Lipinski definition) is 0. The van der Waals surface area contributed by atoms with Crippen LogP contribution in [0, 0.1) is 32.5 Å². The first-order valence-corrected chi connectivity index (χ1v) is 7.20. The molecule has 0 heterocycles. The molecule has 78 valence electrons. The van der Waals surface area contributed by atoms with E-state index in [1.165, 1.54) is 0 Å². The molecule has 0 aromatic carbocycles. The van der Waals surface area contributed by atoms with Crippen molar-refractivity contribution in [2.45, 2.75) is 57.8 Å². The van der Waals surface area contributed by atoms with E-state index in [2.05, 4.69) is 0 Å². The van der Waals surface area contributed by atoms with Gasteiger partial charge in [-0.25, -0.2) is 0 Å².